The van der Waals surface area contributed by atoms with Crippen molar-refractivity contribution in [2.45, 2.75) is 63.9 Å². The molecule has 0 unspecified atom stereocenters. The van der Waals surface area contributed by atoms with Crippen LogP contribution in [0.25, 0.3) is 0 Å². The minimum Gasteiger partial charge on any atom is -0.393 e. The lowest BCUT2D eigenvalue weighted by atomic mass is 9.46. The van der Waals surface area contributed by atoms with Crippen LogP contribution in [0, 0.1) is 28.6 Å². The average molecular weight is 416 g/mol. The summed E-state index contributed by atoms with van der Waals surface area (Å²) in [5, 5.41) is 23.2. The molecule has 0 radical (unpaired) electrons. The molecule has 2 N–H and O–H groups in total. The van der Waals surface area contributed by atoms with E-state index in [1.165, 1.54) is 0 Å². The number of hydrogen-bond acceptors (Lipinski definition) is 6. The Kier molecular flexibility index (Phi) is 4.51. The predicted octanol–water partition coefficient (Wildman–Crippen LogP) is 1.85. The summed E-state index contributed by atoms with van der Waals surface area (Å²) in [6, 6.07) is 0. The summed E-state index contributed by atoms with van der Waals surface area (Å²) in [7, 11) is 1.85. The number of likely N-dealkylation sites (N-methyl/N-ethyl adjacent to an activating group) is 1. The molecule has 0 aromatic heterocycles. The lowest BCUT2D eigenvalue weighted by molar-refractivity contribution is -0.186. The standard InChI is InChI=1S/C24H33NO5/c1-22-8-6-15(26)12-14(22)4-5-16-17-7-9-24(29,20(28)21-25(3)10-11-30-21)23(17,2)13-18(27)19(16)22/h6,8,12,16-19,21,27,29H,4-5,7,9-11,13H2,1-3H3/t16-,17-,18+,19+,21+,22-,23-,24+/m0/s1. The van der Waals surface area contributed by atoms with Crippen molar-refractivity contribution < 1.29 is 24.5 Å². The van der Waals surface area contributed by atoms with Crippen molar-refractivity contribution in [3.8, 4) is 0 Å². The lowest BCUT2D eigenvalue weighted by Gasteiger charge is -2.59. The van der Waals surface area contributed by atoms with Gasteiger partial charge in [-0.1, -0.05) is 25.5 Å². The second-order valence-electron chi connectivity index (χ2n) is 10.7. The van der Waals surface area contributed by atoms with Crippen LogP contribution in [-0.4, -0.2) is 64.8 Å². The first kappa shape index (κ1) is 20.6. The number of carbonyl (C=O) groups is 2. The SMILES string of the molecule is CN1CCO[C@@H]1C(=O)[C@]1(O)CC[C@H]2[C@@H]3CCC4=CC(=O)C=C[C@]4(C)[C@H]3[C@H](O)C[C@@]21C. The van der Waals surface area contributed by atoms with E-state index in [1.54, 1.807) is 12.2 Å². The largest absolute Gasteiger partial charge is 0.393 e. The highest BCUT2D eigenvalue weighted by Crippen LogP contribution is 2.67. The summed E-state index contributed by atoms with van der Waals surface area (Å²) < 4.78 is 5.66. The zero-order valence-electron chi connectivity index (χ0n) is 18.1. The minimum atomic E-state index is -1.48. The van der Waals surface area contributed by atoms with Gasteiger partial charge in [-0.3, -0.25) is 14.5 Å². The molecule has 0 amide bonds. The van der Waals surface area contributed by atoms with Gasteiger partial charge in [0.05, 0.1) is 12.7 Å². The monoisotopic (exact) mass is 415 g/mol. The fourth-order valence-corrected chi connectivity index (χ4v) is 7.77. The van der Waals surface area contributed by atoms with Crippen LogP contribution in [0.2, 0.25) is 0 Å². The van der Waals surface area contributed by atoms with Crippen molar-refractivity contribution in [2.75, 3.05) is 20.2 Å². The smallest absolute Gasteiger partial charge is 0.208 e. The van der Waals surface area contributed by atoms with Crippen LogP contribution < -0.4 is 0 Å². The van der Waals surface area contributed by atoms with E-state index in [2.05, 4.69) is 6.92 Å². The van der Waals surface area contributed by atoms with Crippen LogP contribution in [0.15, 0.2) is 23.8 Å². The summed E-state index contributed by atoms with van der Waals surface area (Å²) in [5.74, 6) is 0.156. The highest BCUT2D eigenvalue weighted by atomic mass is 16.5. The number of ketones is 2. The number of Topliss-reactive ketones (excluding diaryl/α,β-unsaturated/α-hetero) is 1. The van der Waals surface area contributed by atoms with E-state index in [1.807, 2.05) is 24.9 Å². The molecule has 1 aliphatic heterocycles. The first-order valence-corrected chi connectivity index (χ1v) is 11.3. The molecule has 5 aliphatic rings. The molecule has 164 valence electrons. The summed E-state index contributed by atoms with van der Waals surface area (Å²) in [5.41, 5.74) is -1.38. The van der Waals surface area contributed by atoms with Crippen LogP contribution in [0.5, 0.6) is 0 Å². The number of rotatable bonds is 2. The van der Waals surface area contributed by atoms with Gasteiger partial charge in [0.2, 0.25) is 5.78 Å². The Balaban J connectivity index is 1.50. The predicted molar refractivity (Wildman–Crippen MR) is 110 cm³/mol. The average Bonchev–Trinajstić information content (AvgIpc) is 3.23. The molecule has 1 saturated heterocycles. The number of nitrogens with zero attached hydrogens (tertiary/aromatic N) is 1. The second kappa shape index (κ2) is 6.58. The highest BCUT2D eigenvalue weighted by molar-refractivity contribution is 6.01. The third-order valence-corrected chi connectivity index (χ3v) is 9.40. The van der Waals surface area contributed by atoms with E-state index in [0.717, 1.165) is 24.8 Å². The Morgan fingerprint density at radius 2 is 2.07 bits per heavy atom. The summed E-state index contributed by atoms with van der Waals surface area (Å²) in [6.45, 7) is 5.32. The number of ether oxygens (including phenoxy) is 1. The normalized spacial score (nSPS) is 50.6. The Bertz CT molecular complexity index is 851. The van der Waals surface area contributed by atoms with Crippen molar-refractivity contribution >= 4 is 11.6 Å². The van der Waals surface area contributed by atoms with Gasteiger partial charge in [0.1, 0.15) is 5.60 Å². The molecule has 8 atom stereocenters. The number of aliphatic hydroxyl groups is 2. The number of carbonyl (C=O) groups excluding carboxylic acids is 2. The Hall–Kier alpha value is -1.34. The number of fused-ring (bicyclic) bond motifs is 5. The van der Waals surface area contributed by atoms with Crippen LogP contribution in [-0.2, 0) is 14.3 Å². The van der Waals surface area contributed by atoms with Crippen LogP contribution in [0.1, 0.15) is 46.0 Å². The molecule has 1 heterocycles. The van der Waals surface area contributed by atoms with Gasteiger partial charge in [0.25, 0.3) is 0 Å². The number of aliphatic hydroxyl groups excluding tert-OH is 1. The Labute approximate surface area is 178 Å². The van der Waals surface area contributed by atoms with Gasteiger partial charge in [-0.2, -0.15) is 0 Å². The van der Waals surface area contributed by atoms with Gasteiger partial charge >= 0.3 is 0 Å². The first-order valence-electron chi connectivity index (χ1n) is 11.3. The Morgan fingerprint density at radius 1 is 1.30 bits per heavy atom. The zero-order chi connectivity index (χ0) is 21.5. The first-order chi connectivity index (χ1) is 14.1. The van der Waals surface area contributed by atoms with Crippen molar-refractivity contribution in [2.24, 2.45) is 28.6 Å². The summed E-state index contributed by atoms with van der Waals surface area (Å²) >= 11 is 0. The molecule has 30 heavy (non-hydrogen) atoms. The molecule has 3 saturated carbocycles. The lowest BCUT2D eigenvalue weighted by Crippen LogP contribution is -2.63. The highest BCUT2D eigenvalue weighted by Gasteiger charge is 2.69. The number of hydrogen-bond donors (Lipinski definition) is 2. The molecule has 0 bridgehead atoms. The van der Waals surface area contributed by atoms with Gasteiger partial charge in [-0.25, -0.2) is 0 Å². The molecule has 6 nitrogen and oxygen atoms in total. The van der Waals surface area contributed by atoms with E-state index >= 15 is 0 Å². The molecule has 4 fully saturated rings. The van der Waals surface area contributed by atoms with E-state index in [0.29, 0.717) is 26.0 Å². The molecular weight excluding hydrogens is 382 g/mol. The molecule has 6 heteroatoms. The van der Waals surface area contributed by atoms with Crippen molar-refractivity contribution in [3.63, 3.8) is 0 Å². The zero-order valence-corrected chi connectivity index (χ0v) is 18.1. The van der Waals surface area contributed by atoms with E-state index < -0.39 is 23.3 Å². The fourth-order valence-electron chi connectivity index (χ4n) is 7.77. The van der Waals surface area contributed by atoms with Crippen molar-refractivity contribution in [1.29, 1.82) is 0 Å². The maximum atomic E-state index is 13.5. The third-order valence-electron chi connectivity index (χ3n) is 9.40. The topological polar surface area (TPSA) is 87.1 Å². The quantitative estimate of drug-likeness (QED) is 0.716. The molecular formula is C24H33NO5. The van der Waals surface area contributed by atoms with Gasteiger partial charge in [-0.15, -0.1) is 0 Å². The van der Waals surface area contributed by atoms with Crippen molar-refractivity contribution in [1.82, 2.24) is 4.90 Å². The van der Waals surface area contributed by atoms with E-state index in [4.69, 9.17) is 4.74 Å². The van der Waals surface area contributed by atoms with Gasteiger partial charge < -0.3 is 14.9 Å². The number of allylic oxidation sites excluding steroid dienone is 4. The fraction of sp³-hybridized carbons (Fsp3) is 0.750. The molecule has 0 spiro atoms. The molecule has 5 rings (SSSR count). The van der Waals surface area contributed by atoms with Crippen LogP contribution in [0.3, 0.4) is 0 Å². The second-order valence-corrected chi connectivity index (χ2v) is 10.7. The third kappa shape index (κ3) is 2.51. The van der Waals surface area contributed by atoms with Gasteiger partial charge in [0.15, 0.2) is 12.0 Å². The summed E-state index contributed by atoms with van der Waals surface area (Å²) in [6.07, 6.45) is 7.33. The minimum absolute atomic E-state index is 0.00258. The maximum Gasteiger partial charge on any atom is 0.208 e. The molecule has 4 aliphatic carbocycles. The summed E-state index contributed by atoms with van der Waals surface area (Å²) in [4.78, 5) is 27.3. The Morgan fingerprint density at radius 3 is 2.77 bits per heavy atom. The maximum absolute atomic E-state index is 13.5. The van der Waals surface area contributed by atoms with Crippen molar-refractivity contribution in [3.05, 3.63) is 23.8 Å². The molecule has 0 aromatic carbocycles. The van der Waals surface area contributed by atoms with Gasteiger partial charge in [0, 0.05) is 23.3 Å². The molecule has 0 aromatic rings. The van der Waals surface area contributed by atoms with E-state index in [9.17, 15) is 19.8 Å². The van der Waals surface area contributed by atoms with Gasteiger partial charge in [-0.05, 0) is 63.1 Å². The van der Waals surface area contributed by atoms with Crippen LogP contribution >= 0.6 is 0 Å². The van der Waals surface area contributed by atoms with Crippen LogP contribution in [0.4, 0.5) is 0 Å². The van der Waals surface area contributed by atoms with E-state index in [-0.39, 0.29) is 34.7 Å².